The van der Waals surface area contributed by atoms with Crippen molar-refractivity contribution in [2.24, 2.45) is 0 Å². The Morgan fingerprint density at radius 3 is 2.39 bits per heavy atom. The summed E-state index contributed by atoms with van der Waals surface area (Å²) in [5.41, 5.74) is -0.0918. The van der Waals surface area contributed by atoms with E-state index in [1.54, 1.807) is 0 Å². The lowest BCUT2D eigenvalue weighted by molar-refractivity contribution is -0.0666. The molecule has 0 unspecified atom stereocenters. The van der Waals surface area contributed by atoms with Crippen LogP contribution in [0.3, 0.4) is 0 Å². The zero-order valence-electron chi connectivity index (χ0n) is 11.1. The van der Waals surface area contributed by atoms with Crippen molar-refractivity contribution in [2.75, 3.05) is 0 Å². The third-order valence-corrected chi connectivity index (χ3v) is 4.99. The van der Waals surface area contributed by atoms with Crippen molar-refractivity contribution in [3.8, 4) is 0 Å². The number of rotatable bonds is 2. The molecule has 1 spiro atoms. The average Bonchev–Trinajstić information content (AvgIpc) is 2.87. The van der Waals surface area contributed by atoms with E-state index >= 15 is 0 Å². The summed E-state index contributed by atoms with van der Waals surface area (Å²) in [6.45, 7) is 4.34. The summed E-state index contributed by atoms with van der Waals surface area (Å²) in [5, 5.41) is 0. The van der Waals surface area contributed by atoms with Gasteiger partial charge in [0.2, 0.25) is 0 Å². The van der Waals surface area contributed by atoms with Gasteiger partial charge in [0.25, 0.3) is 0 Å². The maximum atomic E-state index is 6.37. The molecule has 0 N–H and O–H groups in total. The van der Waals surface area contributed by atoms with Gasteiger partial charge in [-0.3, -0.25) is 0 Å². The Morgan fingerprint density at radius 1 is 1.06 bits per heavy atom. The molecule has 1 heterocycles. The summed E-state index contributed by atoms with van der Waals surface area (Å²) >= 11 is 1.89. The minimum Gasteiger partial charge on any atom is -0.360 e. The summed E-state index contributed by atoms with van der Waals surface area (Å²) in [6.07, 6.45) is 7.28. The van der Waals surface area contributed by atoms with Gasteiger partial charge >= 0.3 is 0 Å². The zero-order chi connectivity index (χ0) is 12.6. The molecule has 0 radical (unpaired) electrons. The van der Waals surface area contributed by atoms with E-state index < -0.39 is 0 Å². The molecule has 1 aromatic rings. The highest BCUT2D eigenvalue weighted by Gasteiger charge is 2.47. The topological polar surface area (TPSA) is 9.23 Å². The van der Waals surface area contributed by atoms with E-state index in [1.807, 2.05) is 11.8 Å². The molecule has 0 atom stereocenters. The van der Waals surface area contributed by atoms with Crippen LogP contribution in [0, 0.1) is 0 Å². The molecular formula is C16H20OS. The van der Waals surface area contributed by atoms with Gasteiger partial charge in [-0.1, -0.05) is 42.8 Å². The van der Waals surface area contributed by atoms with Crippen LogP contribution in [0.5, 0.6) is 0 Å². The van der Waals surface area contributed by atoms with Crippen LogP contribution in [0.2, 0.25) is 0 Å². The maximum absolute atomic E-state index is 6.37. The monoisotopic (exact) mass is 260 g/mol. The van der Waals surface area contributed by atoms with Crippen molar-refractivity contribution in [1.82, 2.24) is 0 Å². The molecule has 1 aromatic carbocycles. The van der Waals surface area contributed by atoms with Gasteiger partial charge in [0.05, 0.1) is 5.60 Å². The first-order chi connectivity index (χ1) is 8.60. The molecule has 0 aromatic heterocycles. The highest BCUT2D eigenvalue weighted by molar-refractivity contribution is 8.03. The largest absolute Gasteiger partial charge is 0.360 e. The fourth-order valence-corrected chi connectivity index (χ4v) is 4.38. The number of thioether (sulfide) groups is 1. The van der Waals surface area contributed by atoms with E-state index in [0.717, 1.165) is 0 Å². The Morgan fingerprint density at radius 2 is 1.72 bits per heavy atom. The van der Waals surface area contributed by atoms with Gasteiger partial charge in [-0.15, -0.1) is 0 Å². The van der Waals surface area contributed by atoms with E-state index in [2.05, 4.69) is 50.3 Å². The molecule has 2 heteroatoms. The molecule has 1 saturated carbocycles. The van der Waals surface area contributed by atoms with Gasteiger partial charge in [-0.2, -0.15) is 0 Å². The highest BCUT2D eigenvalue weighted by Crippen LogP contribution is 2.52. The summed E-state index contributed by atoms with van der Waals surface area (Å²) in [4.78, 5) is 2.74. The number of benzene rings is 1. The summed E-state index contributed by atoms with van der Waals surface area (Å²) in [7, 11) is 0. The minimum absolute atomic E-state index is 0.0179. The molecule has 1 nitrogen and oxygen atoms in total. The van der Waals surface area contributed by atoms with Crippen LogP contribution in [0.15, 0.2) is 46.2 Å². The van der Waals surface area contributed by atoms with Gasteiger partial charge in [0, 0.05) is 9.80 Å². The van der Waals surface area contributed by atoms with E-state index in [0.29, 0.717) is 0 Å². The van der Waals surface area contributed by atoms with Crippen LogP contribution in [0.1, 0.15) is 39.5 Å². The van der Waals surface area contributed by atoms with E-state index in [1.165, 1.54) is 35.5 Å². The molecule has 0 amide bonds. The van der Waals surface area contributed by atoms with Crippen molar-refractivity contribution in [3.63, 3.8) is 0 Å². The smallest absolute Gasteiger partial charge is 0.100 e. The maximum Gasteiger partial charge on any atom is 0.100 e. The zero-order valence-corrected chi connectivity index (χ0v) is 11.9. The standard InChI is InChI=1S/C16H20OS/c1-15(2)12-14(16(17-15)10-6-7-11-16)18-13-8-4-3-5-9-13/h3-5,8-9,12H,6-7,10-11H2,1-2H3. The molecule has 2 aliphatic rings. The van der Waals surface area contributed by atoms with Crippen LogP contribution < -0.4 is 0 Å². The predicted octanol–water partition coefficient (Wildman–Crippen LogP) is 4.78. The summed E-state index contributed by atoms with van der Waals surface area (Å²) in [5.74, 6) is 0. The van der Waals surface area contributed by atoms with Crippen molar-refractivity contribution < 1.29 is 4.74 Å². The Balaban J connectivity index is 1.88. The normalized spacial score (nSPS) is 24.4. The Hall–Kier alpha value is -0.730. The van der Waals surface area contributed by atoms with Crippen LogP contribution in [-0.4, -0.2) is 11.2 Å². The van der Waals surface area contributed by atoms with Crippen LogP contribution in [0.25, 0.3) is 0 Å². The average molecular weight is 260 g/mol. The Kier molecular flexibility index (Phi) is 3.03. The predicted molar refractivity (Wildman–Crippen MR) is 76.7 cm³/mol. The first-order valence-corrected chi connectivity index (χ1v) is 7.58. The van der Waals surface area contributed by atoms with Crippen LogP contribution in [0.4, 0.5) is 0 Å². The van der Waals surface area contributed by atoms with Gasteiger partial charge in [0.15, 0.2) is 0 Å². The molecule has 3 rings (SSSR count). The minimum atomic E-state index is -0.110. The molecule has 0 saturated heterocycles. The second-order valence-corrected chi connectivity index (χ2v) is 6.95. The number of hydrogen-bond acceptors (Lipinski definition) is 2. The summed E-state index contributed by atoms with van der Waals surface area (Å²) < 4.78 is 6.37. The lowest BCUT2D eigenvalue weighted by atomic mass is 10.0. The van der Waals surface area contributed by atoms with Crippen molar-refractivity contribution in [1.29, 1.82) is 0 Å². The Bertz CT molecular complexity index is 455. The third kappa shape index (κ3) is 2.24. The van der Waals surface area contributed by atoms with Gasteiger partial charge in [0.1, 0.15) is 5.60 Å². The second-order valence-electron chi connectivity index (χ2n) is 5.83. The molecule has 0 bridgehead atoms. The van der Waals surface area contributed by atoms with E-state index in [4.69, 9.17) is 4.74 Å². The van der Waals surface area contributed by atoms with Crippen molar-refractivity contribution >= 4 is 11.8 Å². The molecule has 18 heavy (non-hydrogen) atoms. The van der Waals surface area contributed by atoms with Crippen LogP contribution >= 0.6 is 11.8 Å². The van der Waals surface area contributed by atoms with Crippen LogP contribution in [-0.2, 0) is 4.74 Å². The molecular weight excluding hydrogens is 240 g/mol. The highest BCUT2D eigenvalue weighted by atomic mass is 32.2. The van der Waals surface area contributed by atoms with Gasteiger partial charge < -0.3 is 4.74 Å². The first kappa shape index (κ1) is 12.3. The number of hydrogen-bond donors (Lipinski definition) is 0. The molecule has 1 fully saturated rings. The summed E-state index contributed by atoms with van der Waals surface area (Å²) in [6, 6.07) is 10.6. The quantitative estimate of drug-likeness (QED) is 0.756. The molecule has 1 aliphatic heterocycles. The fourth-order valence-electron chi connectivity index (χ4n) is 3.06. The van der Waals surface area contributed by atoms with Gasteiger partial charge in [-0.25, -0.2) is 0 Å². The molecule has 96 valence electrons. The Labute approximate surface area is 114 Å². The molecule has 1 aliphatic carbocycles. The van der Waals surface area contributed by atoms with Crippen molar-refractivity contribution in [2.45, 2.75) is 55.6 Å². The fraction of sp³-hybridized carbons (Fsp3) is 0.500. The van der Waals surface area contributed by atoms with Gasteiger partial charge in [-0.05, 0) is 44.9 Å². The lowest BCUT2D eigenvalue weighted by Crippen LogP contribution is -2.32. The first-order valence-electron chi connectivity index (χ1n) is 6.76. The van der Waals surface area contributed by atoms with E-state index in [-0.39, 0.29) is 11.2 Å². The SMILES string of the molecule is CC1(C)C=C(Sc2ccccc2)C2(CCCC2)O1. The van der Waals surface area contributed by atoms with Crippen molar-refractivity contribution in [3.05, 3.63) is 41.3 Å². The lowest BCUT2D eigenvalue weighted by Gasteiger charge is -2.30. The second kappa shape index (κ2) is 4.43. The number of ether oxygens (including phenoxy) is 1. The van der Waals surface area contributed by atoms with E-state index in [9.17, 15) is 0 Å². The third-order valence-electron chi connectivity index (χ3n) is 3.77.